The van der Waals surface area contributed by atoms with Crippen LogP contribution in [0.15, 0.2) is 35.7 Å². The molecule has 1 atom stereocenters. The van der Waals surface area contributed by atoms with E-state index in [1.807, 2.05) is 38.2 Å². The van der Waals surface area contributed by atoms with Crippen LogP contribution in [0.5, 0.6) is 11.5 Å². The fraction of sp³-hybridized carbons (Fsp3) is 0.438. The Balaban J connectivity index is 1.55. The Morgan fingerprint density at radius 3 is 2.92 bits per heavy atom. The lowest BCUT2D eigenvalue weighted by Crippen LogP contribution is -2.44. The number of hydrogen-bond acceptors (Lipinski definition) is 6. The predicted octanol–water partition coefficient (Wildman–Crippen LogP) is 1.60. The zero-order valence-electron chi connectivity index (χ0n) is 13.7. The van der Waals surface area contributed by atoms with Crippen LogP contribution >= 0.6 is 11.8 Å². The van der Waals surface area contributed by atoms with Gasteiger partial charge in [0.25, 0.3) is 0 Å². The number of aryl methyl sites for hydroxylation is 1. The Kier molecular flexibility index (Phi) is 5.24. The smallest absolute Gasteiger partial charge is 0.233 e. The SMILES string of the molecule is CCN(C[C@H]1COc2ccccc2O1)C(=O)CSc1nncn1C. The van der Waals surface area contributed by atoms with E-state index in [1.54, 1.807) is 15.8 Å². The number of rotatable bonds is 6. The molecule has 0 saturated carbocycles. The standard InChI is InChI=1S/C16H20N4O3S/c1-3-20(15(21)10-24-16-18-17-11-19(16)2)8-12-9-22-13-6-4-5-7-14(13)23-12/h4-7,11-12H,3,8-10H2,1-2H3/t12-/m0/s1. The lowest BCUT2D eigenvalue weighted by Gasteiger charge is -2.30. The molecule has 0 spiro atoms. The maximum absolute atomic E-state index is 12.5. The van der Waals surface area contributed by atoms with E-state index in [1.165, 1.54) is 11.8 Å². The highest BCUT2D eigenvalue weighted by Gasteiger charge is 2.24. The van der Waals surface area contributed by atoms with Gasteiger partial charge in [-0.3, -0.25) is 4.79 Å². The number of fused-ring (bicyclic) bond motifs is 1. The number of amides is 1. The first-order chi connectivity index (χ1) is 11.7. The molecule has 2 heterocycles. The lowest BCUT2D eigenvalue weighted by molar-refractivity contribution is -0.129. The Hall–Kier alpha value is -2.22. The molecule has 0 N–H and O–H groups in total. The van der Waals surface area contributed by atoms with Crippen LogP contribution in [-0.2, 0) is 11.8 Å². The number of likely N-dealkylation sites (N-methyl/N-ethyl adjacent to an activating group) is 1. The molecule has 7 nitrogen and oxygen atoms in total. The number of para-hydroxylation sites is 2. The first-order valence-corrected chi connectivity index (χ1v) is 8.79. The quantitative estimate of drug-likeness (QED) is 0.739. The minimum absolute atomic E-state index is 0.0490. The van der Waals surface area contributed by atoms with Crippen molar-refractivity contribution in [1.82, 2.24) is 19.7 Å². The molecule has 0 bridgehead atoms. The van der Waals surface area contributed by atoms with Crippen molar-refractivity contribution in [3.63, 3.8) is 0 Å². The highest BCUT2D eigenvalue weighted by Crippen LogP contribution is 2.31. The van der Waals surface area contributed by atoms with Crippen molar-refractivity contribution < 1.29 is 14.3 Å². The second-order valence-corrected chi connectivity index (χ2v) is 6.39. The van der Waals surface area contributed by atoms with Crippen molar-refractivity contribution in [1.29, 1.82) is 0 Å². The van der Waals surface area contributed by atoms with Gasteiger partial charge in [-0.25, -0.2) is 0 Å². The van der Waals surface area contributed by atoms with Crippen LogP contribution in [0, 0.1) is 0 Å². The van der Waals surface area contributed by atoms with Crippen LogP contribution in [0.25, 0.3) is 0 Å². The van der Waals surface area contributed by atoms with Gasteiger partial charge in [0.2, 0.25) is 5.91 Å². The Bertz CT molecular complexity index is 706. The molecule has 1 aromatic heterocycles. The number of ether oxygens (including phenoxy) is 2. The zero-order valence-corrected chi connectivity index (χ0v) is 14.5. The van der Waals surface area contributed by atoms with Gasteiger partial charge >= 0.3 is 0 Å². The fourth-order valence-electron chi connectivity index (χ4n) is 2.43. The molecule has 0 fully saturated rings. The summed E-state index contributed by atoms with van der Waals surface area (Å²) in [5.41, 5.74) is 0. The maximum atomic E-state index is 12.5. The average Bonchev–Trinajstić information content (AvgIpc) is 3.02. The molecule has 128 valence electrons. The summed E-state index contributed by atoms with van der Waals surface area (Å²) in [5, 5.41) is 8.51. The van der Waals surface area contributed by atoms with Crippen molar-refractivity contribution in [3.8, 4) is 11.5 Å². The number of benzene rings is 1. The molecular formula is C16H20N4O3S. The van der Waals surface area contributed by atoms with Gasteiger partial charge in [0.05, 0.1) is 12.3 Å². The fourth-order valence-corrected chi connectivity index (χ4v) is 3.22. The van der Waals surface area contributed by atoms with Gasteiger partial charge < -0.3 is 18.9 Å². The number of hydrogen-bond donors (Lipinski definition) is 0. The molecule has 2 aromatic rings. The van der Waals surface area contributed by atoms with Crippen LogP contribution in [0.3, 0.4) is 0 Å². The van der Waals surface area contributed by atoms with Gasteiger partial charge in [0.1, 0.15) is 12.9 Å². The Morgan fingerprint density at radius 2 is 2.21 bits per heavy atom. The monoisotopic (exact) mass is 348 g/mol. The summed E-state index contributed by atoms with van der Waals surface area (Å²) in [4.78, 5) is 14.2. The van der Waals surface area contributed by atoms with Crippen LogP contribution in [0.2, 0.25) is 0 Å². The van der Waals surface area contributed by atoms with Gasteiger partial charge in [0.15, 0.2) is 22.8 Å². The van der Waals surface area contributed by atoms with E-state index in [0.717, 1.165) is 16.7 Å². The van der Waals surface area contributed by atoms with Gasteiger partial charge in [-0.1, -0.05) is 23.9 Å². The Morgan fingerprint density at radius 1 is 1.42 bits per heavy atom. The minimum atomic E-state index is -0.163. The number of nitrogens with zero attached hydrogens (tertiary/aromatic N) is 4. The van der Waals surface area contributed by atoms with Crippen molar-refractivity contribution >= 4 is 17.7 Å². The third-order valence-corrected chi connectivity index (χ3v) is 4.74. The van der Waals surface area contributed by atoms with Crippen LogP contribution in [0.1, 0.15) is 6.92 Å². The third kappa shape index (κ3) is 3.81. The molecule has 0 radical (unpaired) electrons. The first kappa shape index (κ1) is 16.6. The van der Waals surface area contributed by atoms with Crippen LogP contribution < -0.4 is 9.47 Å². The van der Waals surface area contributed by atoms with Gasteiger partial charge in [0, 0.05) is 13.6 Å². The van der Waals surface area contributed by atoms with Crippen molar-refractivity contribution in [2.75, 3.05) is 25.4 Å². The van der Waals surface area contributed by atoms with Crippen molar-refractivity contribution in [2.24, 2.45) is 7.05 Å². The van der Waals surface area contributed by atoms with E-state index in [0.29, 0.717) is 25.4 Å². The summed E-state index contributed by atoms with van der Waals surface area (Å²) in [7, 11) is 1.86. The lowest BCUT2D eigenvalue weighted by atomic mass is 10.2. The predicted molar refractivity (Wildman–Crippen MR) is 90.3 cm³/mol. The van der Waals surface area contributed by atoms with E-state index in [9.17, 15) is 4.79 Å². The van der Waals surface area contributed by atoms with E-state index < -0.39 is 0 Å². The molecule has 0 unspecified atom stereocenters. The summed E-state index contributed by atoms with van der Waals surface area (Å²) in [6.45, 7) is 3.53. The minimum Gasteiger partial charge on any atom is -0.486 e. The average molecular weight is 348 g/mol. The highest BCUT2D eigenvalue weighted by molar-refractivity contribution is 7.99. The highest BCUT2D eigenvalue weighted by atomic mass is 32.2. The molecule has 0 aliphatic carbocycles. The molecular weight excluding hydrogens is 328 g/mol. The van der Waals surface area contributed by atoms with Gasteiger partial charge in [-0.05, 0) is 19.1 Å². The van der Waals surface area contributed by atoms with E-state index in [-0.39, 0.29) is 12.0 Å². The zero-order chi connectivity index (χ0) is 16.9. The first-order valence-electron chi connectivity index (χ1n) is 7.80. The topological polar surface area (TPSA) is 69.5 Å². The largest absolute Gasteiger partial charge is 0.486 e. The molecule has 3 rings (SSSR count). The molecule has 1 aromatic carbocycles. The third-order valence-electron chi connectivity index (χ3n) is 3.72. The van der Waals surface area contributed by atoms with E-state index in [4.69, 9.17) is 9.47 Å². The Labute approximate surface area is 145 Å². The second kappa shape index (κ2) is 7.57. The molecule has 1 aliphatic rings. The maximum Gasteiger partial charge on any atom is 0.233 e. The molecule has 1 amide bonds. The summed E-state index contributed by atoms with van der Waals surface area (Å²) in [6, 6.07) is 7.58. The normalized spacial score (nSPS) is 16.0. The van der Waals surface area contributed by atoms with Crippen LogP contribution in [0.4, 0.5) is 0 Å². The summed E-state index contributed by atoms with van der Waals surface area (Å²) < 4.78 is 13.4. The molecule has 1 aliphatic heterocycles. The van der Waals surface area contributed by atoms with Crippen LogP contribution in [-0.4, -0.2) is 57.1 Å². The summed E-state index contributed by atoms with van der Waals surface area (Å²) in [6.07, 6.45) is 1.46. The number of carbonyl (C=O) groups excluding carboxylic acids is 1. The summed E-state index contributed by atoms with van der Waals surface area (Å²) in [5.74, 6) is 1.85. The van der Waals surface area contributed by atoms with Gasteiger partial charge in [-0.2, -0.15) is 0 Å². The second-order valence-electron chi connectivity index (χ2n) is 5.44. The number of thioether (sulfide) groups is 1. The van der Waals surface area contributed by atoms with E-state index >= 15 is 0 Å². The van der Waals surface area contributed by atoms with Crippen molar-refractivity contribution in [3.05, 3.63) is 30.6 Å². The number of carbonyl (C=O) groups is 1. The van der Waals surface area contributed by atoms with Crippen molar-refractivity contribution in [2.45, 2.75) is 18.2 Å². The van der Waals surface area contributed by atoms with Gasteiger partial charge in [-0.15, -0.1) is 10.2 Å². The molecule has 8 heteroatoms. The number of aromatic nitrogens is 3. The summed E-state index contributed by atoms with van der Waals surface area (Å²) >= 11 is 1.38. The molecule has 0 saturated heterocycles. The van der Waals surface area contributed by atoms with E-state index in [2.05, 4.69) is 10.2 Å². The molecule has 24 heavy (non-hydrogen) atoms.